The SMILES string of the molecule is Cc1csc2c(NCc3ccc(B(O)O)cc3)ncnc12. The molecule has 3 aromatic rings. The van der Waals surface area contributed by atoms with Crippen molar-refractivity contribution in [3.8, 4) is 0 Å². The first-order chi connectivity index (χ1) is 10.1. The average molecular weight is 299 g/mol. The molecule has 21 heavy (non-hydrogen) atoms. The Morgan fingerprint density at radius 2 is 1.95 bits per heavy atom. The molecule has 0 atom stereocenters. The zero-order valence-electron chi connectivity index (χ0n) is 11.4. The molecule has 0 saturated carbocycles. The molecule has 106 valence electrons. The fraction of sp³-hybridized carbons (Fsp3) is 0.143. The second-order valence-electron chi connectivity index (χ2n) is 4.79. The van der Waals surface area contributed by atoms with Crippen LogP contribution in [0.25, 0.3) is 10.2 Å². The van der Waals surface area contributed by atoms with Gasteiger partial charge in [-0.2, -0.15) is 0 Å². The van der Waals surface area contributed by atoms with Gasteiger partial charge in [-0.25, -0.2) is 9.97 Å². The van der Waals surface area contributed by atoms with Crippen molar-refractivity contribution in [2.45, 2.75) is 13.5 Å². The van der Waals surface area contributed by atoms with E-state index < -0.39 is 7.12 Å². The number of nitrogens with zero attached hydrogens (tertiary/aromatic N) is 2. The maximum absolute atomic E-state index is 9.07. The van der Waals surface area contributed by atoms with Gasteiger partial charge in [-0.3, -0.25) is 0 Å². The van der Waals surface area contributed by atoms with Crippen LogP contribution >= 0.6 is 11.3 Å². The van der Waals surface area contributed by atoms with Crippen molar-refractivity contribution in [2.75, 3.05) is 5.32 Å². The van der Waals surface area contributed by atoms with Crippen LogP contribution in [-0.2, 0) is 6.54 Å². The first kappa shape index (κ1) is 14.0. The topological polar surface area (TPSA) is 78.3 Å². The number of rotatable bonds is 4. The van der Waals surface area contributed by atoms with Gasteiger partial charge < -0.3 is 15.4 Å². The lowest BCUT2D eigenvalue weighted by molar-refractivity contribution is 0.426. The Morgan fingerprint density at radius 3 is 2.67 bits per heavy atom. The number of hydrogen-bond acceptors (Lipinski definition) is 6. The third-order valence-electron chi connectivity index (χ3n) is 3.27. The van der Waals surface area contributed by atoms with E-state index in [1.807, 2.05) is 19.1 Å². The molecule has 0 radical (unpaired) electrons. The summed E-state index contributed by atoms with van der Waals surface area (Å²) >= 11 is 1.63. The molecule has 0 fully saturated rings. The van der Waals surface area contributed by atoms with Crippen LogP contribution in [0.15, 0.2) is 36.0 Å². The van der Waals surface area contributed by atoms with Gasteiger partial charge in [0.2, 0.25) is 0 Å². The van der Waals surface area contributed by atoms with Crippen LogP contribution in [-0.4, -0.2) is 27.1 Å². The number of nitrogens with one attached hydrogen (secondary N) is 1. The molecule has 2 aromatic heterocycles. The van der Waals surface area contributed by atoms with Gasteiger partial charge in [0.25, 0.3) is 0 Å². The molecule has 0 amide bonds. The van der Waals surface area contributed by atoms with E-state index in [9.17, 15) is 0 Å². The van der Waals surface area contributed by atoms with E-state index in [2.05, 4.69) is 20.7 Å². The van der Waals surface area contributed by atoms with E-state index in [0.29, 0.717) is 12.0 Å². The van der Waals surface area contributed by atoms with Crippen LogP contribution in [0.4, 0.5) is 5.82 Å². The number of aryl methyl sites for hydroxylation is 1. The fourth-order valence-corrected chi connectivity index (χ4v) is 3.06. The van der Waals surface area contributed by atoms with E-state index >= 15 is 0 Å². The van der Waals surface area contributed by atoms with Crippen molar-refractivity contribution in [3.63, 3.8) is 0 Å². The van der Waals surface area contributed by atoms with E-state index in [4.69, 9.17) is 10.0 Å². The number of hydrogen-bond donors (Lipinski definition) is 3. The van der Waals surface area contributed by atoms with Gasteiger partial charge in [0.1, 0.15) is 12.1 Å². The summed E-state index contributed by atoms with van der Waals surface area (Å²) in [5, 5.41) is 23.5. The fourth-order valence-electron chi connectivity index (χ4n) is 2.09. The molecule has 7 heteroatoms. The molecule has 3 rings (SSSR count). The normalized spacial score (nSPS) is 10.8. The molecule has 0 aliphatic carbocycles. The van der Waals surface area contributed by atoms with Gasteiger partial charge in [0.15, 0.2) is 0 Å². The van der Waals surface area contributed by atoms with Crippen LogP contribution in [0, 0.1) is 6.92 Å². The molecular weight excluding hydrogens is 285 g/mol. The highest BCUT2D eigenvalue weighted by Gasteiger charge is 2.10. The van der Waals surface area contributed by atoms with E-state index in [-0.39, 0.29) is 0 Å². The third kappa shape index (κ3) is 2.90. The van der Waals surface area contributed by atoms with Crippen LogP contribution in [0.3, 0.4) is 0 Å². The maximum atomic E-state index is 9.07. The number of thiophene rings is 1. The number of benzene rings is 1. The van der Waals surface area contributed by atoms with Crippen LogP contribution in [0.5, 0.6) is 0 Å². The van der Waals surface area contributed by atoms with E-state index in [1.54, 1.807) is 29.8 Å². The Balaban J connectivity index is 1.77. The predicted octanol–water partition coefficient (Wildman–Crippen LogP) is 1.29. The van der Waals surface area contributed by atoms with Gasteiger partial charge in [0, 0.05) is 6.54 Å². The summed E-state index contributed by atoms with van der Waals surface area (Å²) in [5.74, 6) is 0.823. The highest BCUT2D eigenvalue weighted by molar-refractivity contribution is 7.18. The summed E-state index contributed by atoms with van der Waals surface area (Å²) in [6.45, 7) is 2.65. The number of aromatic nitrogens is 2. The average Bonchev–Trinajstić information content (AvgIpc) is 2.88. The Bertz CT molecular complexity index is 759. The minimum atomic E-state index is -1.43. The van der Waals surface area contributed by atoms with Crippen LogP contribution < -0.4 is 10.8 Å². The molecule has 0 saturated heterocycles. The number of anilines is 1. The van der Waals surface area contributed by atoms with Crippen molar-refractivity contribution in [3.05, 3.63) is 47.1 Å². The van der Waals surface area contributed by atoms with Crippen LogP contribution in [0.1, 0.15) is 11.1 Å². The van der Waals surface area contributed by atoms with Crippen molar-refractivity contribution in [1.82, 2.24) is 9.97 Å². The molecule has 3 N–H and O–H groups in total. The standard InChI is InChI=1S/C14H14BN3O2S/c1-9-7-21-13-12(9)17-8-18-14(13)16-6-10-2-4-11(5-3-10)15(19)20/h2-5,7-8,19-20H,6H2,1H3,(H,16,17,18). The Kier molecular flexibility index (Phi) is 3.87. The largest absolute Gasteiger partial charge is 0.488 e. The predicted molar refractivity (Wildman–Crippen MR) is 85.7 cm³/mol. The quantitative estimate of drug-likeness (QED) is 0.633. The maximum Gasteiger partial charge on any atom is 0.488 e. The summed E-state index contributed by atoms with van der Waals surface area (Å²) < 4.78 is 1.05. The van der Waals surface area contributed by atoms with Gasteiger partial charge in [-0.1, -0.05) is 24.3 Å². The van der Waals surface area contributed by atoms with Gasteiger partial charge in [0.05, 0.1) is 10.2 Å². The van der Waals surface area contributed by atoms with Crippen LogP contribution in [0.2, 0.25) is 0 Å². The first-order valence-electron chi connectivity index (χ1n) is 6.53. The Labute approximate surface area is 126 Å². The highest BCUT2D eigenvalue weighted by Crippen LogP contribution is 2.28. The second-order valence-corrected chi connectivity index (χ2v) is 5.67. The molecule has 0 unspecified atom stereocenters. The second kappa shape index (κ2) is 5.81. The lowest BCUT2D eigenvalue weighted by Gasteiger charge is -2.07. The van der Waals surface area contributed by atoms with Gasteiger partial charge >= 0.3 is 7.12 Å². The summed E-state index contributed by atoms with van der Waals surface area (Å²) in [5.41, 5.74) is 3.66. The summed E-state index contributed by atoms with van der Waals surface area (Å²) in [6, 6.07) is 7.12. The lowest BCUT2D eigenvalue weighted by Crippen LogP contribution is -2.29. The minimum Gasteiger partial charge on any atom is -0.423 e. The summed E-state index contributed by atoms with van der Waals surface area (Å²) in [7, 11) is -1.43. The van der Waals surface area contributed by atoms with Gasteiger partial charge in [-0.15, -0.1) is 11.3 Å². The van der Waals surface area contributed by atoms with E-state index in [0.717, 1.165) is 27.2 Å². The molecule has 0 spiro atoms. The Hall–Kier alpha value is -1.96. The molecule has 2 heterocycles. The zero-order valence-corrected chi connectivity index (χ0v) is 12.3. The van der Waals surface area contributed by atoms with Crippen molar-refractivity contribution >= 4 is 40.0 Å². The van der Waals surface area contributed by atoms with Crippen molar-refractivity contribution in [1.29, 1.82) is 0 Å². The zero-order chi connectivity index (χ0) is 14.8. The minimum absolute atomic E-state index is 0.483. The summed E-state index contributed by atoms with van der Waals surface area (Å²) in [6.07, 6.45) is 1.57. The number of fused-ring (bicyclic) bond motifs is 1. The molecule has 0 bridgehead atoms. The van der Waals surface area contributed by atoms with Gasteiger partial charge in [-0.05, 0) is 28.9 Å². The highest BCUT2D eigenvalue weighted by atomic mass is 32.1. The van der Waals surface area contributed by atoms with E-state index in [1.165, 1.54) is 0 Å². The third-order valence-corrected chi connectivity index (χ3v) is 4.36. The molecule has 0 aliphatic rings. The smallest absolute Gasteiger partial charge is 0.423 e. The van der Waals surface area contributed by atoms with Crippen molar-refractivity contribution in [2.24, 2.45) is 0 Å². The summed E-state index contributed by atoms with van der Waals surface area (Å²) in [4.78, 5) is 8.58. The molecular formula is C14H14BN3O2S. The molecule has 5 nitrogen and oxygen atoms in total. The Morgan fingerprint density at radius 1 is 1.19 bits per heavy atom. The van der Waals surface area contributed by atoms with Crippen molar-refractivity contribution < 1.29 is 10.0 Å². The lowest BCUT2D eigenvalue weighted by atomic mass is 9.80. The first-order valence-corrected chi connectivity index (χ1v) is 7.41. The molecule has 0 aliphatic heterocycles. The monoisotopic (exact) mass is 299 g/mol. The molecule has 1 aromatic carbocycles.